The molecule has 1 aromatic rings. The van der Waals surface area contributed by atoms with Crippen LogP contribution in [0, 0.1) is 0 Å². The van der Waals surface area contributed by atoms with Crippen molar-refractivity contribution in [1.82, 2.24) is 0 Å². The van der Waals surface area contributed by atoms with E-state index in [1.807, 2.05) is 18.2 Å². The van der Waals surface area contributed by atoms with E-state index in [4.69, 9.17) is 0 Å². The minimum Gasteiger partial charge on any atom is -0.507 e. The molecule has 1 rings (SSSR count). The average molecular weight is 374 g/mol. The van der Waals surface area contributed by atoms with E-state index in [2.05, 4.69) is 11.9 Å². The summed E-state index contributed by atoms with van der Waals surface area (Å²) >= 11 is 0. The highest BCUT2D eigenvalue weighted by Gasteiger charge is 1.96. The molecule has 0 atom stereocenters. The number of phenols is 1. The number of aliphatic imine (C=N–C) groups is 1. The van der Waals surface area contributed by atoms with Crippen LogP contribution in [0.5, 0.6) is 5.75 Å². The molecule has 0 aliphatic heterocycles. The molecule has 0 heterocycles. The molecule has 2 heteroatoms. The number of hydrogen-bond acceptors (Lipinski definition) is 2. The van der Waals surface area contributed by atoms with Crippen LogP contribution >= 0.6 is 0 Å². The van der Waals surface area contributed by atoms with E-state index >= 15 is 0 Å². The summed E-state index contributed by atoms with van der Waals surface area (Å²) in [5.74, 6) is 0.313. The lowest BCUT2D eigenvalue weighted by molar-refractivity contribution is 0.474. The maximum Gasteiger partial charge on any atom is 0.124 e. The second-order valence-electron chi connectivity index (χ2n) is 7.90. The smallest absolute Gasteiger partial charge is 0.124 e. The van der Waals surface area contributed by atoms with Crippen molar-refractivity contribution in [2.45, 2.75) is 110 Å². The van der Waals surface area contributed by atoms with Gasteiger partial charge in [0.1, 0.15) is 5.75 Å². The third-order valence-corrected chi connectivity index (χ3v) is 5.31. The van der Waals surface area contributed by atoms with Crippen LogP contribution < -0.4 is 0 Å². The molecule has 0 aliphatic rings. The lowest BCUT2D eigenvalue weighted by Gasteiger charge is -2.03. The van der Waals surface area contributed by atoms with Crippen LogP contribution in [0.15, 0.2) is 29.3 Å². The Kier molecular flexibility index (Phi) is 15.9. The minimum atomic E-state index is 0.313. The van der Waals surface area contributed by atoms with Crippen LogP contribution in [0.1, 0.15) is 115 Å². The van der Waals surface area contributed by atoms with Gasteiger partial charge in [0.2, 0.25) is 0 Å². The molecule has 0 unspecified atom stereocenters. The van der Waals surface area contributed by atoms with E-state index < -0.39 is 0 Å². The Hall–Kier alpha value is -1.31. The molecule has 0 aliphatic carbocycles. The first-order valence-corrected chi connectivity index (χ1v) is 11.6. The standard InChI is InChI=1S/C25H43NO/c1-2-3-4-5-6-7-8-9-10-11-12-13-14-15-16-19-22-26-23-24-20-17-18-21-25(24)27/h17-18,20-21,23,27H,2-16,19,22H2,1H3. The van der Waals surface area contributed by atoms with Crippen LogP contribution in [-0.2, 0) is 0 Å². The number of nitrogens with zero attached hydrogens (tertiary/aromatic N) is 1. The van der Waals surface area contributed by atoms with E-state index in [1.54, 1.807) is 12.3 Å². The van der Waals surface area contributed by atoms with E-state index in [-0.39, 0.29) is 0 Å². The summed E-state index contributed by atoms with van der Waals surface area (Å²) in [5.41, 5.74) is 0.814. The molecule has 1 N–H and O–H groups in total. The van der Waals surface area contributed by atoms with Gasteiger partial charge in [0.15, 0.2) is 0 Å². The van der Waals surface area contributed by atoms with Gasteiger partial charge in [-0.3, -0.25) is 4.99 Å². The number of hydrogen-bond donors (Lipinski definition) is 1. The van der Waals surface area contributed by atoms with E-state index in [9.17, 15) is 5.11 Å². The fourth-order valence-corrected chi connectivity index (χ4v) is 3.51. The molecule has 0 saturated heterocycles. The van der Waals surface area contributed by atoms with E-state index in [1.165, 1.54) is 96.3 Å². The zero-order chi connectivity index (χ0) is 19.4. The normalized spacial score (nSPS) is 11.4. The summed E-state index contributed by atoms with van der Waals surface area (Å²) in [6.07, 6.45) is 24.1. The Morgan fingerprint density at radius 1 is 0.667 bits per heavy atom. The molecule has 27 heavy (non-hydrogen) atoms. The van der Waals surface area contributed by atoms with Gasteiger partial charge in [0, 0.05) is 18.3 Å². The monoisotopic (exact) mass is 373 g/mol. The van der Waals surface area contributed by atoms with Gasteiger partial charge in [-0.2, -0.15) is 0 Å². The fraction of sp³-hybridized carbons (Fsp3) is 0.720. The van der Waals surface area contributed by atoms with Gasteiger partial charge in [-0.05, 0) is 18.6 Å². The number of phenolic OH excluding ortho intramolecular Hbond substituents is 1. The van der Waals surface area contributed by atoms with E-state index in [0.717, 1.165) is 18.5 Å². The van der Waals surface area contributed by atoms with Crippen LogP contribution in [0.3, 0.4) is 0 Å². The molecule has 0 spiro atoms. The minimum absolute atomic E-state index is 0.313. The lowest BCUT2D eigenvalue weighted by atomic mass is 10.0. The molecule has 0 bridgehead atoms. The van der Waals surface area contributed by atoms with Crippen molar-refractivity contribution < 1.29 is 5.11 Å². The Morgan fingerprint density at radius 3 is 1.59 bits per heavy atom. The summed E-state index contributed by atoms with van der Waals surface area (Å²) in [5, 5.41) is 9.66. The number of para-hydroxylation sites is 1. The van der Waals surface area contributed by atoms with Crippen LogP contribution in [0.2, 0.25) is 0 Å². The Morgan fingerprint density at radius 2 is 1.11 bits per heavy atom. The first kappa shape index (κ1) is 23.7. The van der Waals surface area contributed by atoms with Gasteiger partial charge < -0.3 is 5.11 Å². The predicted octanol–water partition coefficient (Wildman–Crippen LogP) is 8.07. The summed E-state index contributed by atoms with van der Waals surface area (Å²) in [6, 6.07) is 7.36. The molecular formula is C25H43NO. The first-order valence-electron chi connectivity index (χ1n) is 11.6. The highest BCUT2D eigenvalue weighted by molar-refractivity contribution is 5.83. The summed E-state index contributed by atoms with van der Waals surface area (Å²) in [4.78, 5) is 4.42. The fourth-order valence-electron chi connectivity index (χ4n) is 3.51. The summed E-state index contributed by atoms with van der Waals surface area (Å²) in [6.45, 7) is 3.15. The molecule has 154 valence electrons. The Balaban J connectivity index is 1.77. The van der Waals surface area contributed by atoms with Gasteiger partial charge in [-0.15, -0.1) is 0 Å². The van der Waals surface area contributed by atoms with Crippen LogP contribution in [0.4, 0.5) is 0 Å². The van der Waals surface area contributed by atoms with Gasteiger partial charge in [-0.25, -0.2) is 0 Å². The summed E-state index contributed by atoms with van der Waals surface area (Å²) in [7, 11) is 0. The first-order chi connectivity index (χ1) is 13.3. The molecular weight excluding hydrogens is 330 g/mol. The van der Waals surface area contributed by atoms with Crippen molar-refractivity contribution in [1.29, 1.82) is 0 Å². The van der Waals surface area contributed by atoms with Gasteiger partial charge in [0.05, 0.1) is 0 Å². The second-order valence-corrected chi connectivity index (χ2v) is 7.90. The second kappa shape index (κ2) is 18.1. The van der Waals surface area contributed by atoms with Gasteiger partial charge in [-0.1, -0.05) is 115 Å². The van der Waals surface area contributed by atoms with Crippen molar-refractivity contribution in [3.8, 4) is 5.75 Å². The lowest BCUT2D eigenvalue weighted by Crippen LogP contribution is -1.87. The molecule has 0 fully saturated rings. The third-order valence-electron chi connectivity index (χ3n) is 5.31. The maximum absolute atomic E-state index is 9.66. The average Bonchev–Trinajstić information content (AvgIpc) is 2.68. The van der Waals surface area contributed by atoms with Gasteiger partial charge in [0.25, 0.3) is 0 Å². The van der Waals surface area contributed by atoms with Crippen molar-refractivity contribution in [2.24, 2.45) is 4.99 Å². The molecule has 0 amide bonds. The molecule has 2 nitrogen and oxygen atoms in total. The molecule has 0 saturated carbocycles. The van der Waals surface area contributed by atoms with Crippen molar-refractivity contribution in [2.75, 3.05) is 6.54 Å². The quantitative estimate of drug-likeness (QED) is 0.205. The molecule has 1 aromatic carbocycles. The summed E-state index contributed by atoms with van der Waals surface area (Å²) < 4.78 is 0. The van der Waals surface area contributed by atoms with Crippen molar-refractivity contribution in [3.63, 3.8) is 0 Å². The van der Waals surface area contributed by atoms with Crippen LogP contribution in [-0.4, -0.2) is 17.9 Å². The highest BCUT2D eigenvalue weighted by atomic mass is 16.3. The Labute approximate surface area is 168 Å². The number of unbranched alkanes of at least 4 members (excludes halogenated alkanes) is 15. The van der Waals surface area contributed by atoms with Crippen LogP contribution in [0.25, 0.3) is 0 Å². The predicted molar refractivity (Wildman–Crippen MR) is 120 cm³/mol. The maximum atomic E-state index is 9.66. The zero-order valence-corrected chi connectivity index (χ0v) is 17.8. The van der Waals surface area contributed by atoms with Crippen molar-refractivity contribution >= 4 is 6.21 Å². The van der Waals surface area contributed by atoms with Crippen molar-refractivity contribution in [3.05, 3.63) is 29.8 Å². The SMILES string of the molecule is CCCCCCCCCCCCCCCCCCN=Cc1ccccc1O. The largest absolute Gasteiger partial charge is 0.507 e. The zero-order valence-electron chi connectivity index (χ0n) is 17.8. The highest BCUT2D eigenvalue weighted by Crippen LogP contribution is 2.14. The van der Waals surface area contributed by atoms with Gasteiger partial charge >= 0.3 is 0 Å². The van der Waals surface area contributed by atoms with E-state index in [0.29, 0.717) is 5.75 Å². The number of rotatable bonds is 18. The topological polar surface area (TPSA) is 32.6 Å². The Bertz CT molecular complexity index is 469. The number of aromatic hydroxyl groups is 1. The molecule has 0 radical (unpaired) electrons. The molecule has 0 aromatic heterocycles. The number of benzene rings is 1. The third kappa shape index (κ3) is 14.4.